The zero-order valence-corrected chi connectivity index (χ0v) is 34.1. The number of ether oxygens (including phenoxy) is 3. The number of carbonyl (C=O) groups is 1. The van der Waals surface area contributed by atoms with E-state index in [-0.39, 0.29) is 44.1 Å². The van der Waals surface area contributed by atoms with Crippen molar-refractivity contribution >= 4 is 48.7 Å². The predicted molar refractivity (Wildman–Crippen MR) is 210 cm³/mol. The van der Waals surface area contributed by atoms with Crippen LogP contribution in [-0.4, -0.2) is 109 Å². The molecule has 1 saturated heterocycles. The van der Waals surface area contributed by atoms with Gasteiger partial charge in [0.2, 0.25) is 25.9 Å². The van der Waals surface area contributed by atoms with Crippen LogP contribution in [0, 0.1) is 3.57 Å². The zero-order valence-electron chi connectivity index (χ0n) is 30.3. The summed E-state index contributed by atoms with van der Waals surface area (Å²) in [5.74, 6) is 1.59. The third-order valence-electron chi connectivity index (χ3n) is 9.02. The quantitative estimate of drug-likeness (QED) is 0.129. The minimum atomic E-state index is -4.82. The first-order valence-corrected chi connectivity index (χ1v) is 20.9. The van der Waals surface area contributed by atoms with Gasteiger partial charge in [0.05, 0.1) is 52.1 Å². The van der Waals surface area contributed by atoms with Gasteiger partial charge in [-0.1, -0.05) is 36.4 Å². The Kier molecular flexibility index (Phi) is 12.5. The topological polar surface area (TPSA) is 216 Å². The highest BCUT2D eigenvalue weighted by Crippen LogP contribution is 2.38. The van der Waals surface area contributed by atoms with E-state index in [9.17, 15) is 23.4 Å². The molecule has 1 amide bonds. The fraction of sp³-hybridized carbons (Fsp3) is 0.278. The molecule has 0 bridgehead atoms. The first kappa shape index (κ1) is 40.8. The number of nitrogens with one attached hydrogen (secondary N) is 1. The first-order valence-electron chi connectivity index (χ1n) is 16.9. The molecule has 4 aromatic carbocycles. The van der Waals surface area contributed by atoms with Gasteiger partial charge in [-0.15, -0.1) is 10.2 Å². The molecule has 2 heterocycles. The van der Waals surface area contributed by atoms with Gasteiger partial charge >= 0.3 is 6.09 Å². The van der Waals surface area contributed by atoms with Crippen molar-refractivity contribution in [1.29, 1.82) is 0 Å². The van der Waals surface area contributed by atoms with Gasteiger partial charge in [0.25, 0.3) is 0 Å². The van der Waals surface area contributed by atoms with E-state index >= 15 is 8.42 Å². The summed E-state index contributed by atoms with van der Waals surface area (Å²) in [4.78, 5) is 12.5. The number of benzene rings is 4. The molecular weight excluding hydrogens is 881 g/mol. The Labute approximate surface area is 337 Å². The van der Waals surface area contributed by atoms with Crippen LogP contribution in [0.5, 0.6) is 17.2 Å². The van der Waals surface area contributed by atoms with Crippen LogP contribution < -0.4 is 18.9 Å². The lowest BCUT2D eigenvalue weighted by atomic mass is 10.2. The number of carboxylic acid groups (broad SMARTS) is 1. The predicted octanol–water partition coefficient (Wildman–Crippen LogP) is 3.41. The second-order valence-corrected chi connectivity index (χ2v) is 17.4. The fourth-order valence-electron chi connectivity index (χ4n) is 6.07. The molecule has 0 spiro atoms. The number of rotatable bonds is 15. The zero-order chi connectivity index (χ0) is 40.2. The number of hydrogen-bond donors (Lipinski definition) is 3. The lowest BCUT2D eigenvalue weighted by Gasteiger charge is -2.26. The maximum absolute atomic E-state index is 15.4. The van der Waals surface area contributed by atoms with Gasteiger partial charge in [0.1, 0.15) is 27.0 Å². The van der Waals surface area contributed by atoms with E-state index in [0.29, 0.717) is 31.9 Å². The summed E-state index contributed by atoms with van der Waals surface area (Å²) >= 11 is 1.90. The molecule has 2 atom stereocenters. The molecule has 56 heavy (non-hydrogen) atoms. The number of likely N-dealkylation sites (tertiary alicyclic amines) is 1. The van der Waals surface area contributed by atoms with Crippen molar-refractivity contribution in [2.45, 2.75) is 41.6 Å². The Morgan fingerprint density at radius 2 is 1.34 bits per heavy atom. The number of amides is 1. The van der Waals surface area contributed by atoms with Gasteiger partial charge in [-0.2, -0.15) is 9.10 Å². The van der Waals surface area contributed by atoms with E-state index in [2.05, 4.69) is 20.1 Å². The normalized spacial score (nSPS) is 15.9. The minimum Gasteiger partial charge on any atom is -0.497 e. The highest BCUT2D eigenvalue weighted by Gasteiger charge is 2.41. The average Bonchev–Trinajstić information content (AvgIpc) is 3.80. The van der Waals surface area contributed by atoms with E-state index in [4.69, 9.17) is 14.2 Å². The summed E-state index contributed by atoms with van der Waals surface area (Å²) in [6.07, 6.45) is -2.74. The SMILES string of the molecule is COc1ccc(CN(Cc2ccc(OC)cc2)S(=O)(=O)c2c(S(=O)(=O)N[C@H]3CN(C(=O)O)C[C@H]3O)ccc(I)c2-c2nnn(Cc3ccc(OC)cc3)n2)cc1. The van der Waals surface area contributed by atoms with Crippen LogP contribution in [0.3, 0.4) is 0 Å². The first-order chi connectivity index (χ1) is 26.7. The number of aliphatic hydroxyl groups excluding tert-OH is 1. The Morgan fingerprint density at radius 3 is 1.82 bits per heavy atom. The van der Waals surface area contributed by atoms with Crippen LogP contribution in [0.4, 0.5) is 4.79 Å². The van der Waals surface area contributed by atoms with Crippen LogP contribution in [0.15, 0.2) is 94.7 Å². The number of methoxy groups -OCH3 is 3. The smallest absolute Gasteiger partial charge is 0.407 e. The van der Waals surface area contributed by atoms with Gasteiger partial charge in [0.15, 0.2) is 0 Å². The van der Waals surface area contributed by atoms with Crippen LogP contribution >= 0.6 is 22.6 Å². The molecule has 5 aromatic rings. The van der Waals surface area contributed by atoms with Crippen molar-refractivity contribution in [1.82, 2.24) is 34.1 Å². The van der Waals surface area contributed by atoms with Crippen LogP contribution in [0.2, 0.25) is 0 Å². The van der Waals surface area contributed by atoms with Crippen molar-refractivity contribution in [3.8, 4) is 28.6 Å². The summed E-state index contributed by atoms with van der Waals surface area (Å²) in [6.45, 7) is -0.942. The molecule has 0 radical (unpaired) electrons. The van der Waals surface area contributed by atoms with Gasteiger partial charge in [-0.05, 0) is 93.0 Å². The molecule has 296 valence electrons. The molecule has 6 rings (SSSR count). The van der Waals surface area contributed by atoms with E-state index < -0.39 is 48.1 Å². The van der Waals surface area contributed by atoms with Crippen LogP contribution in [0.25, 0.3) is 11.4 Å². The van der Waals surface area contributed by atoms with Crippen molar-refractivity contribution in [3.63, 3.8) is 0 Å². The van der Waals surface area contributed by atoms with E-state index in [0.717, 1.165) is 20.8 Å². The number of sulfonamides is 2. The molecule has 1 fully saturated rings. The molecule has 1 aromatic heterocycles. The van der Waals surface area contributed by atoms with Crippen LogP contribution in [0.1, 0.15) is 16.7 Å². The summed E-state index contributed by atoms with van der Waals surface area (Å²) < 4.78 is 79.1. The number of β-amino-alcohol motifs (C(OH)–C–C–N with tert-alkyl or cyclic N) is 1. The molecule has 0 saturated carbocycles. The molecule has 1 aliphatic heterocycles. The number of tetrazole rings is 1. The number of aromatic nitrogens is 4. The highest BCUT2D eigenvalue weighted by atomic mass is 127. The number of hydrogen-bond acceptors (Lipinski definition) is 12. The third-order valence-corrected chi connectivity index (χ3v) is 13.5. The summed E-state index contributed by atoms with van der Waals surface area (Å²) in [7, 11) is -5.06. The number of aliphatic hydroxyl groups is 1. The highest BCUT2D eigenvalue weighted by molar-refractivity contribution is 14.1. The Bertz CT molecular complexity index is 2350. The van der Waals surface area contributed by atoms with Crippen molar-refractivity contribution in [2.24, 2.45) is 0 Å². The van der Waals surface area contributed by atoms with Crippen molar-refractivity contribution in [2.75, 3.05) is 34.4 Å². The Hall–Kier alpha value is -4.87. The largest absolute Gasteiger partial charge is 0.497 e. The van der Waals surface area contributed by atoms with Gasteiger partial charge < -0.3 is 29.3 Å². The molecule has 20 heteroatoms. The standard InChI is InChI=1S/C36H38IN7O10S2/c1-52-26-10-4-23(5-11-26)18-43(19-24-6-12-27(53-2)13-7-24)56(50,51)34-32(55(48,49)40-30-21-42(36(46)47)22-31(30)45)17-16-29(37)33(34)35-38-41-44(39-35)20-25-8-14-28(54-3)15-9-25/h4-17,30-31,40,45H,18-22H2,1-3H3,(H,46,47)/t30-,31+/m0/s1. The lowest BCUT2D eigenvalue weighted by molar-refractivity contribution is 0.138. The molecule has 17 nitrogen and oxygen atoms in total. The molecule has 0 aliphatic carbocycles. The monoisotopic (exact) mass is 919 g/mol. The van der Waals surface area contributed by atoms with E-state index in [1.54, 1.807) is 79.9 Å². The molecule has 3 N–H and O–H groups in total. The molecule has 1 aliphatic rings. The van der Waals surface area contributed by atoms with Gasteiger partial charge in [0, 0.05) is 23.2 Å². The summed E-state index contributed by atoms with van der Waals surface area (Å²) in [5.41, 5.74) is 1.81. The average molecular weight is 920 g/mol. The summed E-state index contributed by atoms with van der Waals surface area (Å²) in [5, 5.41) is 33.0. The van der Waals surface area contributed by atoms with E-state index in [1.165, 1.54) is 25.1 Å². The second-order valence-electron chi connectivity index (χ2n) is 12.7. The fourth-order valence-corrected chi connectivity index (χ4v) is 10.6. The van der Waals surface area contributed by atoms with Crippen molar-refractivity contribution < 1.29 is 46.1 Å². The summed E-state index contributed by atoms with van der Waals surface area (Å²) in [6, 6.07) is 22.0. The van der Waals surface area contributed by atoms with Gasteiger partial charge in [-0.3, -0.25) is 0 Å². The maximum Gasteiger partial charge on any atom is 0.407 e. The van der Waals surface area contributed by atoms with E-state index in [1.807, 2.05) is 22.6 Å². The second kappa shape index (κ2) is 17.1. The van der Waals surface area contributed by atoms with Gasteiger partial charge in [-0.25, -0.2) is 26.4 Å². The van der Waals surface area contributed by atoms with Crippen molar-refractivity contribution in [3.05, 3.63) is 105 Å². The third kappa shape index (κ3) is 9.05. The Balaban J connectivity index is 1.50. The molecular formula is C36H38IN7O10S2. The Morgan fingerprint density at radius 1 is 0.821 bits per heavy atom. The number of halogens is 1. The van der Waals surface area contributed by atoms with Crippen LogP contribution in [-0.2, 0) is 39.7 Å². The minimum absolute atomic E-state index is 0.122. The molecule has 0 unspecified atom stereocenters. The number of nitrogens with zero attached hydrogens (tertiary/aromatic N) is 6. The maximum atomic E-state index is 15.4. The lowest BCUT2D eigenvalue weighted by Crippen LogP contribution is -2.43.